The summed E-state index contributed by atoms with van der Waals surface area (Å²) in [5, 5.41) is 5.65. The lowest BCUT2D eigenvalue weighted by Crippen LogP contribution is -2.22. The topological polar surface area (TPSA) is 102 Å². The third-order valence-electron chi connectivity index (χ3n) is 3.89. The maximum atomic E-state index is 12.3. The molecule has 0 aliphatic carbocycles. The Labute approximate surface area is 165 Å². The molecule has 2 aromatic carbocycles. The number of esters is 1. The van der Waals surface area contributed by atoms with Crippen LogP contribution in [0.1, 0.15) is 30.1 Å². The number of para-hydroxylation sites is 2. The number of carbonyl (C=O) groups is 2. The van der Waals surface area contributed by atoms with Crippen molar-refractivity contribution in [3.63, 3.8) is 0 Å². The summed E-state index contributed by atoms with van der Waals surface area (Å²) in [6.07, 6.45) is 3.04. The predicted octanol–water partition coefficient (Wildman–Crippen LogP) is 3.10. The average Bonchev–Trinajstić information content (AvgIpc) is 2.66. The van der Waals surface area contributed by atoms with Crippen molar-refractivity contribution in [3.8, 4) is 0 Å². The van der Waals surface area contributed by atoms with Crippen LogP contribution in [0.3, 0.4) is 0 Å². The van der Waals surface area contributed by atoms with Crippen molar-refractivity contribution in [3.05, 3.63) is 54.1 Å². The van der Waals surface area contributed by atoms with Crippen LogP contribution in [0.15, 0.2) is 53.4 Å². The standard InChI is InChI=1S/C20H24N2O5S/c1-3-4-13-21-16-10-6-5-9-15(16)20(24)27-14-19(23)22-17-11-7-8-12-18(17)28(2,25)26/h5-12,21H,3-4,13-14H2,1-2H3,(H,22,23). The summed E-state index contributed by atoms with van der Waals surface area (Å²) in [7, 11) is -3.50. The number of amides is 1. The summed E-state index contributed by atoms with van der Waals surface area (Å²) in [4.78, 5) is 24.5. The average molecular weight is 404 g/mol. The number of hydrogen-bond acceptors (Lipinski definition) is 6. The molecule has 0 spiro atoms. The Morgan fingerprint density at radius 3 is 2.32 bits per heavy atom. The molecule has 0 atom stereocenters. The first-order valence-electron chi connectivity index (χ1n) is 8.92. The molecule has 2 aromatic rings. The van der Waals surface area contributed by atoms with Gasteiger partial charge in [0.2, 0.25) is 0 Å². The Hall–Kier alpha value is -2.87. The number of unbranched alkanes of at least 4 members (excludes halogenated alkanes) is 1. The fourth-order valence-electron chi connectivity index (χ4n) is 2.50. The third kappa shape index (κ3) is 6.09. The van der Waals surface area contributed by atoms with E-state index in [1.165, 1.54) is 12.1 Å². The first kappa shape index (κ1) is 21.4. The molecule has 0 bridgehead atoms. The molecule has 0 heterocycles. The van der Waals surface area contributed by atoms with Crippen LogP contribution in [0, 0.1) is 0 Å². The van der Waals surface area contributed by atoms with Gasteiger partial charge in [-0.1, -0.05) is 37.6 Å². The second-order valence-electron chi connectivity index (χ2n) is 6.22. The van der Waals surface area contributed by atoms with Crippen LogP contribution in [0.4, 0.5) is 11.4 Å². The van der Waals surface area contributed by atoms with Crippen LogP contribution >= 0.6 is 0 Å². The Morgan fingerprint density at radius 2 is 1.64 bits per heavy atom. The lowest BCUT2D eigenvalue weighted by molar-refractivity contribution is -0.119. The van der Waals surface area contributed by atoms with E-state index in [-0.39, 0.29) is 10.6 Å². The minimum absolute atomic E-state index is 0.000135. The molecule has 0 saturated heterocycles. The summed E-state index contributed by atoms with van der Waals surface area (Å²) in [6, 6.07) is 13.0. The smallest absolute Gasteiger partial charge is 0.340 e. The minimum Gasteiger partial charge on any atom is -0.452 e. The zero-order chi connectivity index (χ0) is 20.6. The molecule has 0 fully saturated rings. The van der Waals surface area contributed by atoms with E-state index >= 15 is 0 Å². The van der Waals surface area contributed by atoms with E-state index < -0.39 is 28.3 Å². The van der Waals surface area contributed by atoms with E-state index in [0.717, 1.165) is 25.6 Å². The number of nitrogens with one attached hydrogen (secondary N) is 2. The van der Waals surface area contributed by atoms with Crippen molar-refractivity contribution < 1.29 is 22.7 Å². The van der Waals surface area contributed by atoms with Crippen LogP contribution in [0.5, 0.6) is 0 Å². The van der Waals surface area contributed by atoms with Crippen molar-refractivity contribution in [1.29, 1.82) is 0 Å². The van der Waals surface area contributed by atoms with Gasteiger partial charge in [0.05, 0.1) is 16.1 Å². The number of rotatable bonds is 9. The van der Waals surface area contributed by atoms with Gasteiger partial charge in [-0.25, -0.2) is 13.2 Å². The molecule has 0 radical (unpaired) electrons. The van der Waals surface area contributed by atoms with Gasteiger partial charge in [-0.2, -0.15) is 0 Å². The number of sulfone groups is 1. The molecule has 2 rings (SSSR count). The van der Waals surface area contributed by atoms with Gasteiger partial charge in [-0.05, 0) is 30.7 Å². The molecule has 0 unspecified atom stereocenters. The van der Waals surface area contributed by atoms with Crippen molar-refractivity contribution in [2.75, 3.05) is 30.0 Å². The first-order chi connectivity index (χ1) is 13.3. The van der Waals surface area contributed by atoms with Crippen LogP contribution in [0.25, 0.3) is 0 Å². The maximum absolute atomic E-state index is 12.3. The van der Waals surface area contributed by atoms with Gasteiger partial charge in [0.15, 0.2) is 16.4 Å². The third-order valence-corrected chi connectivity index (χ3v) is 5.04. The second-order valence-corrected chi connectivity index (χ2v) is 8.20. The Balaban J connectivity index is 2.00. The number of benzene rings is 2. The van der Waals surface area contributed by atoms with E-state index in [1.54, 1.807) is 36.4 Å². The van der Waals surface area contributed by atoms with Crippen LogP contribution in [0.2, 0.25) is 0 Å². The highest BCUT2D eigenvalue weighted by Gasteiger charge is 2.17. The van der Waals surface area contributed by atoms with E-state index in [2.05, 4.69) is 17.6 Å². The highest BCUT2D eigenvalue weighted by Crippen LogP contribution is 2.20. The Morgan fingerprint density at radius 1 is 1.00 bits per heavy atom. The zero-order valence-corrected chi connectivity index (χ0v) is 16.7. The highest BCUT2D eigenvalue weighted by atomic mass is 32.2. The summed E-state index contributed by atoms with van der Waals surface area (Å²) in [5.74, 6) is -1.26. The maximum Gasteiger partial charge on any atom is 0.340 e. The zero-order valence-electron chi connectivity index (χ0n) is 15.9. The second kappa shape index (κ2) is 9.89. The molecule has 2 N–H and O–H groups in total. The minimum atomic E-state index is -3.50. The van der Waals surface area contributed by atoms with Gasteiger partial charge in [0.25, 0.3) is 5.91 Å². The van der Waals surface area contributed by atoms with Crippen molar-refractivity contribution in [1.82, 2.24) is 0 Å². The molecule has 7 nitrogen and oxygen atoms in total. The lowest BCUT2D eigenvalue weighted by Gasteiger charge is -2.12. The highest BCUT2D eigenvalue weighted by molar-refractivity contribution is 7.90. The van der Waals surface area contributed by atoms with E-state index in [4.69, 9.17) is 4.74 Å². The van der Waals surface area contributed by atoms with Gasteiger partial charge < -0.3 is 15.4 Å². The van der Waals surface area contributed by atoms with Crippen LogP contribution < -0.4 is 10.6 Å². The van der Waals surface area contributed by atoms with Gasteiger partial charge in [-0.3, -0.25) is 4.79 Å². The van der Waals surface area contributed by atoms with E-state index in [0.29, 0.717) is 11.3 Å². The molecule has 0 aliphatic heterocycles. The SMILES string of the molecule is CCCCNc1ccccc1C(=O)OCC(=O)Nc1ccccc1S(C)(=O)=O. The Bertz CT molecular complexity index is 941. The summed E-state index contributed by atoms with van der Waals surface area (Å²) in [5.41, 5.74) is 1.12. The van der Waals surface area contributed by atoms with Gasteiger partial charge in [0, 0.05) is 18.5 Å². The summed E-state index contributed by atoms with van der Waals surface area (Å²) < 4.78 is 28.7. The number of ether oxygens (including phenoxy) is 1. The van der Waals surface area contributed by atoms with Gasteiger partial charge >= 0.3 is 5.97 Å². The largest absolute Gasteiger partial charge is 0.452 e. The summed E-state index contributed by atoms with van der Waals surface area (Å²) >= 11 is 0. The van der Waals surface area contributed by atoms with Crippen LogP contribution in [-0.4, -0.2) is 39.7 Å². The number of hydrogen-bond donors (Lipinski definition) is 2. The molecule has 28 heavy (non-hydrogen) atoms. The normalized spacial score (nSPS) is 10.9. The first-order valence-corrected chi connectivity index (χ1v) is 10.8. The molecule has 8 heteroatoms. The molecule has 0 saturated carbocycles. The quantitative estimate of drug-likeness (QED) is 0.492. The summed E-state index contributed by atoms with van der Waals surface area (Å²) in [6.45, 7) is 2.27. The molecular weight excluding hydrogens is 380 g/mol. The molecule has 0 aliphatic rings. The molecule has 150 valence electrons. The Kier molecular flexibility index (Phi) is 7.57. The fraction of sp³-hybridized carbons (Fsp3) is 0.300. The van der Waals surface area contributed by atoms with Gasteiger partial charge in [0.1, 0.15) is 0 Å². The van der Waals surface area contributed by atoms with Crippen molar-refractivity contribution >= 4 is 33.1 Å². The van der Waals surface area contributed by atoms with E-state index in [9.17, 15) is 18.0 Å². The van der Waals surface area contributed by atoms with Crippen molar-refractivity contribution in [2.24, 2.45) is 0 Å². The van der Waals surface area contributed by atoms with E-state index in [1.807, 2.05) is 0 Å². The number of carbonyl (C=O) groups excluding carboxylic acids is 2. The van der Waals surface area contributed by atoms with Crippen LogP contribution in [-0.2, 0) is 19.4 Å². The predicted molar refractivity (Wildman–Crippen MR) is 108 cm³/mol. The fourth-order valence-corrected chi connectivity index (χ4v) is 3.35. The molecule has 1 amide bonds. The monoisotopic (exact) mass is 404 g/mol. The van der Waals surface area contributed by atoms with Gasteiger partial charge in [-0.15, -0.1) is 0 Å². The number of anilines is 2. The molecule has 0 aromatic heterocycles. The van der Waals surface area contributed by atoms with Crippen molar-refractivity contribution in [2.45, 2.75) is 24.7 Å². The lowest BCUT2D eigenvalue weighted by atomic mass is 10.1. The molecular formula is C20H24N2O5S.